The van der Waals surface area contributed by atoms with E-state index in [4.69, 9.17) is 0 Å². The maximum absolute atomic E-state index is 14.1. The van der Waals surface area contributed by atoms with Crippen molar-refractivity contribution >= 4 is 32.6 Å². The van der Waals surface area contributed by atoms with Crippen molar-refractivity contribution in [3.05, 3.63) is 78.1 Å². The smallest absolute Gasteiger partial charge is 0.260 e. The van der Waals surface area contributed by atoms with Crippen LogP contribution in [0, 0.1) is 17.5 Å². The Kier molecular flexibility index (Phi) is 5.30. The van der Waals surface area contributed by atoms with Crippen LogP contribution in [0.15, 0.2) is 55.1 Å². The number of hydrogen-bond donors (Lipinski definition) is 0. The Balaban J connectivity index is 1.66. The molecule has 0 radical (unpaired) electrons. The third-order valence-electron chi connectivity index (χ3n) is 4.36. The minimum absolute atomic E-state index is 0.00809. The molecule has 5 nitrogen and oxygen atoms in total. The average molecular weight is 416 g/mol. The zero-order valence-electron chi connectivity index (χ0n) is 15.1. The van der Waals surface area contributed by atoms with Gasteiger partial charge in [-0.3, -0.25) is 9.69 Å². The molecule has 29 heavy (non-hydrogen) atoms. The van der Waals surface area contributed by atoms with E-state index in [0.29, 0.717) is 22.8 Å². The molecule has 1 amide bonds. The molecular formula is C20H15F3N4OS. The highest BCUT2D eigenvalue weighted by molar-refractivity contribution is 7.22. The molecule has 148 valence electrons. The van der Waals surface area contributed by atoms with Crippen LogP contribution < -0.4 is 4.90 Å². The zero-order chi connectivity index (χ0) is 20.4. The van der Waals surface area contributed by atoms with Crippen molar-refractivity contribution in [2.75, 3.05) is 11.4 Å². The first-order valence-electron chi connectivity index (χ1n) is 8.80. The standard InChI is InChI=1S/C20H15F3N4OS/c21-14-6-5-13(11-16(14)23)19(28)27(9-2-8-26-10-7-24-12-26)20-25-18-15(22)3-1-4-17(18)29-20/h1,3-7,10-12H,2,8-9H2. The number of rotatable bonds is 6. The predicted molar refractivity (Wildman–Crippen MR) is 104 cm³/mol. The lowest BCUT2D eigenvalue weighted by atomic mass is 10.2. The van der Waals surface area contributed by atoms with Crippen LogP contribution in [0.5, 0.6) is 0 Å². The van der Waals surface area contributed by atoms with E-state index in [1.807, 2.05) is 4.57 Å². The van der Waals surface area contributed by atoms with Gasteiger partial charge in [0.1, 0.15) is 11.3 Å². The van der Waals surface area contributed by atoms with Gasteiger partial charge < -0.3 is 4.57 Å². The molecule has 0 aliphatic heterocycles. The van der Waals surface area contributed by atoms with Crippen molar-refractivity contribution in [3.63, 3.8) is 0 Å². The van der Waals surface area contributed by atoms with E-state index in [9.17, 15) is 18.0 Å². The van der Waals surface area contributed by atoms with Gasteiger partial charge in [-0.05, 0) is 36.8 Å². The highest BCUT2D eigenvalue weighted by Crippen LogP contribution is 2.31. The Bertz CT molecular complexity index is 1160. The highest BCUT2D eigenvalue weighted by atomic mass is 32.1. The molecule has 4 rings (SSSR count). The first kappa shape index (κ1) is 19.1. The van der Waals surface area contributed by atoms with E-state index in [1.165, 1.54) is 17.0 Å². The van der Waals surface area contributed by atoms with Crippen molar-refractivity contribution in [2.24, 2.45) is 0 Å². The summed E-state index contributed by atoms with van der Waals surface area (Å²) < 4.78 is 43.4. The summed E-state index contributed by atoms with van der Waals surface area (Å²) in [6.45, 7) is 0.859. The number of aromatic nitrogens is 3. The van der Waals surface area contributed by atoms with Gasteiger partial charge in [0.15, 0.2) is 16.8 Å². The first-order valence-corrected chi connectivity index (χ1v) is 9.62. The number of carbonyl (C=O) groups is 1. The predicted octanol–water partition coefficient (Wildman–Crippen LogP) is 4.65. The van der Waals surface area contributed by atoms with Gasteiger partial charge in [-0.15, -0.1) is 0 Å². The number of amides is 1. The third kappa shape index (κ3) is 4.00. The highest BCUT2D eigenvalue weighted by Gasteiger charge is 2.23. The molecule has 2 aromatic carbocycles. The van der Waals surface area contributed by atoms with Crippen molar-refractivity contribution in [2.45, 2.75) is 13.0 Å². The summed E-state index contributed by atoms with van der Waals surface area (Å²) in [5.41, 5.74) is 0.163. The summed E-state index contributed by atoms with van der Waals surface area (Å²) in [6.07, 6.45) is 5.67. The summed E-state index contributed by atoms with van der Waals surface area (Å²) in [7, 11) is 0. The summed E-state index contributed by atoms with van der Waals surface area (Å²) in [4.78, 5) is 22.7. The number of hydrogen-bond acceptors (Lipinski definition) is 4. The normalized spacial score (nSPS) is 11.1. The van der Waals surface area contributed by atoms with Crippen LogP contribution in [0.1, 0.15) is 16.8 Å². The van der Waals surface area contributed by atoms with Crippen molar-refractivity contribution in [1.82, 2.24) is 14.5 Å². The molecule has 0 fully saturated rings. The van der Waals surface area contributed by atoms with Crippen molar-refractivity contribution < 1.29 is 18.0 Å². The largest absolute Gasteiger partial charge is 0.337 e. The van der Waals surface area contributed by atoms with Crippen LogP contribution in [0.2, 0.25) is 0 Å². The lowest BCUT2D eigenvalue weighted by Crippen LogP contribution is -2.32. The molecule has 0 aliphatic carbocycles. The molecule has 0 unspecified atom stereocenters. The van der Waals surface area contributed by atoms with Crippen molar-refractivity contribution in [1.29, 1.82) is 0 Å². The Morgan fingerprint density at radius 2 is 1.97 bits per heavy atom. The molecule has 0 spiro atoms. The molecule has 2 aromatic heterocycles. The molecule has 0 bridgehead atoms. The number of imidazole rings is 1. The molecule has 9 heteroatoms. The molecule has 2 heterocycles. The lowest BCUT2D eigenvalue weighted by Gasteiger charge is -2.20. The molecule has 0 saturated carbocycles. The number of fused-ring (bicyclic) bond motifs is 1. The zero-order valence-corrected chi connectivity index (χ0v) is 15.9. The maximum atomic E-state index is 14.1. The van der Waals surface area contributed by atoms with Gasteiger partial charge >= 0.3 is 0 Å². The molecule has 0 saturated heterocycles. The number of anilines is 1. The second kappa shape index (κ2) is 8.04. The second-order valence-corrected chi connectivity index (χ2v) is 7.33. The van der Waals surface area contributed by atoms with Gasteiger partial charge in [0.2, 0.25) is 0 Å². The van der Waals surface area contributed by atoms with E-state index in [-0.39, 0.29) is 17.6 Å². The SMILES string of the molecule is O=C(c1ccc(F)c(F)c1)N(CCCn1ccnc1)c1nc2c(F)cccc2s1. The van der Waals surface area contributed by atoms with Crippen LogP contribution in [-0.2, 0) is 6.54 Å². The summed E-state index contributed by atoms with van der Waals surface area (Å²) >= 11 is 1.16. The van der Waals surface area contributed by atoms with Crippen molar-refractivity contribution in [3.8, 4) is 0 Å². The summed E-state index contributed by atoms with van der Waals surface area (Å²) in [6, 6.07) is 7.56. The maximum Gasteiger partial charge on any atom is 0.260 e. The van der Waals surface area contributed by atoms with Crippen LogP contribution in [-0.4, -0.2) is 27.0 Å². The quantitative estimate of drug-likeness (QED) is 0.460. The van der Waals surface area contributed by atoms with Gasteiger partial charge in [-0.25, -0.2) is 23.1 Å². The second-order valence-electron chi connectivity index (χ2n) is 6.32. The number of benzene rings is 2. The Morgan fingerprint density at radius 3 is 2.69 bits per heavy atom. The molecule has 4 aromatic rings. The molecule has 0 atom stereocenters. The third-order valence-corrected chi connectivity index (χ3v) is 5.40. The van der Waals surface area contributed by atoms with Crippen LogP contribution in [0.3, 0.4) is 0 Å². The lowest BCUT2D eigenvalue weighted by molar-refractivity contribution is 0.0985. The summed E-state index contributed by atoms with van der Waals surface area (Å²) in [5, 5.41) is 0.297. The van der Waals surface area contributed by atoms with Crippen LogP contribution in [0.4, 0.5) is 18.3 Å². The first-order chi connectivity index (χ1) is 14.0. The van der Waals surface area contributed by atoms with Gasteiger partial charge in [0.25, 0.3) is 5.91 Å². The van der Waals surface area contributed by atoms with E-state index < -0.39 is 23.4 Å². The van der Waals surface area contributed by atoms with Gasteiger partial charge in [0.05, 0.1) is 11.0 Å². The van der Waals surface area contributed by atoms with E-state index in [2.05, 4.69) is 9.97 Å². The number of thiazole rings is 1. The minimum atomic E-state index is -1.11. The van der Waals surface area contributed by atoms with Crippen LogP contribution in [0.25, 0.3) is 10.2 Å². The number of para-hydroxylation sites is 1. The molecule has 0 aliphatic rings. The summed E-state index contributed by atoms with van der Waals surface area (Å²) in [5.74, 6) is -3.16. The number of nitrogens with zero attached hydrogens (tertiary/aromatic N) is 4. The molecular weight excluding hydrogens is 401 g/mol. The monoisotopic (exact) mass is 416 g/mol. The number of aryl methyl sites for hydroxylation is 1. The van der Waals surface area contributed by atoms with E-state index in [1.54, 1.807) is 30.9 Å². The Hall–Kier alpha value is -3.20. The van der Waals surface area contributed by atoms with E-state index >= 15 is 0 Å². The fourth-order valence-corrected chi connectivity index (χ4v) is 3.92. The fraction of sp³-hybridized carbons (Fsp3) is 0.150. The van der Waals surface area contributed by atoms with Crippen LogP contribution >= 0.6 is 11.3 Å². The van der Waals surface area contributed by atoms with Gasteiger partial charge in [-0.1, -0.05) is 17.4 Å². The minimum Gasteiger partial charge on any atom is -0.337 e. The van der Waals surface area contributed by atoms with Gasteiger partial charge in [-0.2, -0.15) is 0 Å². The average Bonchev–Trinajstić information content (AvgIpc) is 3.37. The molecule has 0 N–H and O–H groups in total. The Morgan fingerprint density at radius 1 is 1.10 bits per heavy atom. The topological polar surface area (TPSA) is 51.0 Å². The van der Waals surface area contributed by atoms with Gasteiger partial charge in [0, 0.05) is 31.0 Å². The number of carbonyl (C=O) groups excluding carboxylic acids is 1. The Labute approximate surface area is 168 Å². The number of halogens is 3. The van der Waals surface area contributed by atoms with E-state index in [0.717, 1.165) is 23.5 Å². The fourth-order valence-electron chi connectivity index (χ4n) is 2.92.